The second kappa shape index (κ2) is 6.46. The zero-order chi connectivity index (χ0) is 15.5. The van der Waals surface area contributed by atoms with Gasteiger partial charge in [-0.25, -0.2) is 0 Å². The predicted molar refractivity (Wildman–Crippen MR) is 89.9 cm³/mol. The molecule has 1 saturated heterocycles. The third-order valence-corrected chi connectivity index (χ3v) is 4.51. The van der Waals surface area contributed by atoms with E-state index in [1.165, 1.54) is 4.90 Å². The lowest BCUT2D eigenvalue weighted by Crippen LogP contribution is -2.27. The minimum atomic E-state index is -0.258. The van der Waals surface area contributed by atoms with Gasteiger partial charge in [-0.05, 0) is 53.2 Å². The first kappa shape index (κ1) is 15.0. The second-order valence-electron chi connectivity index (χ2n) is 4.68. The van der Waals surface area contributed by atoms with Crippen molar-refractivity contribution in [1.82, 2.24) is 9.88 Å². The Balaban J connectivity index is 1.81. The number of pyridine rings is 1. The predicted octanol–water partition coefficient (Wildman–Crippen LogP) is 4.08. The van der Waals surface area contributed by atoms with Gasteiger partial charge in [0.2, 0.25) is 0 Å². The van der Waals surface area contributed by atoms with Crippen LogP contribution >= 0.6 is 27.7 Å². The molecule has 1 aliphatic heterocycles. The Hall–Kier alpha value is -1.92. The molecule has 4 nitrogen and oxygen atoms in total. The molecule has 1 fully saturated rings. The van der Waals surface area contributed by atoms with E-state index in [9.17, 15) is 9.59 Å². The molecule has 0 bridgehead atoms. The van der Waals surface area contributed by atoms with Crippen molar-refractivity contribution >= 4 is 44.9 Å². The van der Waals surface area contributed by atoms with Crippen molar-refractivity contribution in [2.75, 3.05) is 0 Å². The number of amides is 2. The van der Waals surface area contributed by atoms with Crippen LogP contribution in [0.3, 0.4) is 0 Å². The first-order chi connectivity index (χ1) is 10.6. The third kappa shape index (κ3) is 3.28. The molecule has 2 amide bonds. The van der Waals surface area contributed by atoms with Gasteiger partial charge in [0.1, 0.15) is 0 Å². The van der Waals surface area contributed by atoms with Crippen molar-refractivity contribution in [2.45, 2.75) is 6.54 Å². The number of hydrogen-bond acceptors (Lipinski definition) is 4. The minimum Gasteiger partial charge on any atom is -0.268 e. The Kier molecular flexibility index (Phi) is 4.40. The highest BCUT2D eigenvalue weighted by Crippen LogP contribution is 2.33. The van der Waals surface area contributed by atoms with E-state index in [1.807, 2.05) is 24.3 Å². The van der Waals surface area contributed by atoms with Gasteiger partial charge in [0.25, 0.3) is 11.1 Å². The van der Waals surface area contributed by atoms with Gasteiger partial charge in [-0.3, -0.25) is 19.5 Å². The molecule has 0 N–H and O–H groups in total. The van der Waals surface area contributed by atoms with E-state index in [2.05, 4.69) is 20.9 Å². The van der Waals surface area contributed by atoms with E-state index in [1.54, 1.807) is 30.6 Å². The molecule has 6 heteroatoms. The first-order valence-electron chi connectivity index (χ1n) is 6.53. The smallest absolute Gasteiger partial charge is 0.268 e. The molecular formula is C16H11BrN2O2S. The summed E-state index contributed by atoms with van der Waals surface area (Å²) in [6, 6.07) is 11.2. The van der Waals surface area contributed by atoms with Gasteiger partial charge < -0.3 is 0 Å². The maximum Gasteiger partial charge on any atom is 0.293 e. The zero-order valence-corrected chi connectivity index (χ0v) is 13.8. The maximum absolute atomic E-state index is 12.4. The second-order valence-corrected chi connectivity index (χ2v) is 6.59. The fourth-order valence-electron chi connectivity index (χ4n) is 2.07. The van der Waals surface area contributed by atoms with Crippen LogP contribution in [-0.4, -0.2) is 21.0 Å². The molecule has 2 aromatic rings. The van der Waals surface area contributed by atoms with Gasteiger partial charge in [-0.1, -0.05) is 28.1 Å². The number of thioether (sulfide) groups is 1. The van der Waals surface area contributed by atoms with E-state index in [0.717, 1.165) is 27.4 Å². The highest BCUT2D eigenvalue weighted by atomic mass is 79.9. The van der Waals surface area contributed by atoms with E-state index in [0.29, 0.717) is 4.91 Å². The lowest BCUT2D eigenvalue weighted by Gasteiger charge is -2.12. The Labute approximate surface area is 140 Å². The first-order valence-corrected chi connectivity index (χ1v) is 8.14. The molecule has 3 rings (SSSR count). The Bertz CT molecular complexity index is 762. The lowest BCUT2D eigenvalue weighted by molar-refractivity contribution is -0.123. The minimum absolute atomic E-state index is 0.245. The number of hydrogen-bond donors (Lipinski definition) is 0. The van der Waals surface area contributed by atoms with Gasteiger partial charge in [0.05, 0.1) is 11.4 Å². The van der Waals surface area contributed by atoms with Gasteiger partial charge in [-0.2, -0.15) is 0 Å². The molecule has 1 aromatic carbocycles. The summed E-state index contributed by atoms with van der Waals surface area (Å²) in [7, 11) is 0. The van der Waals surface area contributed by atoms with Crippen molar-refractivity contribution in [1.29, 1.82) is 0 Å². The molecule has 1 aromatic heterocycles. The lowest BCUT2D eigenvalue weighted by atomic mass is 10.2. The van der Waals surface area contributed by atoms with Crippen LogP contribution in [0.25, 0.3) is 6.08 Å². The number of rotatable bonds is 3. The molecule has 22 heavy (non-hydrogen) atoms. The average molecular weight is 375 g/mol. The number of carbonyl (C=O) groups is 2. The quantitative estimate of drug-likeness (QED) is 0.759. The van der Waals surface area contributed by atoms with Crippen molar-refractivity contribution in [3.05, 3.63) is 69.3 Å². The van der Waals surface area contributed by atoms with Crippen LogP contribution in [0.15, 0.2) is 58.2 Å². The van der Waals surface area contributed by atoms with Crippen LogP contribution in [0.5, 0.6) is 0 Å². The van der Waals surface area contributed by atoms with Crippen LogP contribution in [-0.2, 0) is 11.3 Å². The molecule has 2 heterocycles. The number of halogens is 1. The van der Waals surface area contributed by atoms with Crippen LogP contribution < -0.4 is 0 Å². The largest absolute Gasteiger partial charge is 0.293 e. The normalized spacial score (nSPS) is 16.6. The Morgan fingerprint density at radius 2 is 1.95 bits per heavy atom. The fourth-order valence-corrected chi connectivity index (χ4v) is 3.35. The van der Waals surface area contributed by atoms with Crippen LogP contribution in [0.4, 0.5) is 4.79 Å². The number of nitrogens with zero attached hydrogens (tertiary/aromatic N) is 2. The third-order valence-electron chi connectivity index (χ3n) is 3.11. The van der Waals surface area contributed by atoms with E-state index in [4.69, 9.17) is 0 Å². The Morgan fingerprint density at radius 3 is 2.68 bits per heavy atom. The summed E-state index contributed by atoms with van der Waals surface area (Å²) in [6.45, 7) is 0.276. The molecule has 0 unspecified atom stereocenters. The van der Waals surface area contributed by atoms with Crippen molar-refractivity contribution < 1.29 is 9.59 Å². The summed E-state index contributed by atoms with van der Waals surface area (Å²) in [5, 5.41) is -0.245. The van der Waals surface area contributed by atoms with Crippen molar-refractivity contribution in [3.8, 4) is 0 Å². The van der Waals surface area contributed by atoms with Crippen LogP contribution in [0.2, 0.25) is 0 Å². The zero-order valence-electron chi connectivity index (χ0n) is 11.4. The SMILES string of the molecule is O=C1S/C(=C/c2ccncc2)C(=O)N1Cc1cccc(Br)c1. The van der Waals surface area contributed by atoms with Crippen molar-refractivity contribution in [3.63, 3.8) is 0 Å². The molecule has 110 valence electrons. The number of aromatic nitrogens is 1. The summed E-state index contributed by atoms with van der Waals surface area (Å²) < 4.78 is 0.921. The van der Waals surface area contributed by atoms with E-state index in [-0.39, 0.29) is 17.7 Å². The summed E-state index contributed by atoms with van der Waals surface area (Å²) >= 11 is 4.35. The highest BCUT2D eigenvalue weighted by Gasteiger charge is 2.34. The summed E-state index contributed by atoms with van der Waals surface area (Å²) in [5.74, 6) is -0.258. The molecule has 1 aliphatic rings. The van der Waals surface area contributed by atoms with Gasteiger partial charge in [0.15, 0.2) is 0 Å². The molecule has 0 aliphatic carbocycles. The number of imide groups is 1. The molecule has 0 atom stereocenters. The number of carbonyl (C=O) groups excluding carboxylic acids is 2. The topological polar surface area (TPSA) is 50.3 Å². The number of benzene rings is 1. The highest BCUT2D eigenvalue weighted by molar-refractivity contribution is 9.10. The van der Waals surface area contributed by atoms with Crippen LogP contribution in [0, 0.1) is 0 Å². The molecule has 0 saturated carbocycles. The standard InChI is InChI=1S/C16H11BrN2O2S/c17-13-3-1-2-12(8-13)10-19-15(20)14(22-16(19)21)9-11-4-6-18-7-5-11/h1-9H,10H2/b14-9+. The summed E-state index contributed by atoms with van der Waals surface area (Å²) in [5.41, 5.74) is 1.75. The van der Waals surface area contributed by atoms with Crippen LogP contribution in [0.1, 0.15) is 11.1 Å². The van der Waals surface area contributed by atoms with Crippen molar-refractivity contribution in [2.24, 2.45) is 0 Å². The van der Waals surface area contributed by atoms with Gasteiger partial charge >= 0.3 is 0 Å². The van der Waals surface area contributed by atoms with Gasteiger partial charge in [-0.15, -0.1) is 0 Å². The maximum atomic E-state index is 12.4. The van der Waals surface area contributed by atoms with E-state index < -0.39 is 0 Å². The summed E-state index contributed by atoms with van der Waals surface area (Å²) in [6.07, 6.45) is 5.02. The van der Waals surface area contributed by atoms with E-state index >= 15 is 0 Å². The molecule has 0 radical (unpaired) electrons. The summed E-state index contributed by atoms with van der Waals surface area (Å²) in [4.78, 5) is 30.1. The fraction of sp³-hybridized carbons (Fsp3) is 0.0625. The average Bonchev–Trinajstić information content (AvgIpc) is 2.76. The van der Waals surface area contributed by atoms with Gasteiger partial charge in [0, 0.05) is 16.9 Å². The molecule has 0 spiro atoms. The molecular weight excluding hydrogens is 364 g/mol. The Morgan fingerprint density at radius 1 is 1.18 bits per heavy atom. The monoisotopic (exact) mass is 374 g/mol.